The zero-order valence-corrected chi connectivity index (χ0v) is 21.0. The summed E-state index contributed by atoms with van der Waals surface area (Å²) in [5.41, 5.74) is -2.37. The predicted molar refractivity (Wildman–Crippen MR) is 99.3 cm³/mol. The third-order valence-corrected chi connectivity index (χ3v) is 4.92. The molecule has 1 rings (SSSR count). The largest absolute Gasteiger partial charge is 1.00 e. The van der Waals surface area contributed by atoms with E-state index >= 15 is 0 Å². The van der Waals surface area contributed by atoms with Gasteiger partial charge in [-0.1, -0.05) is 48.0 Å². The van der Waals surface area contributed by atoms with E-state index in [-0.39, 0.29) is 88.4 Å². The molecule has 0 heterocycles. The molecule has 148 valence electrons. The molecule has 0 amide bonds. The Labute approximate surface area is 205 Å². The normalized spacial score (nSPS) is 22.7. The first-order valence-electron chi connectivity index (χ1n) is 9.67. The van der Waals surface area contributed by atoms with Crippen LogP contribution in [-0.4, -0.2) is 33.8 Å². The summed E-state index contributed by atoms with van der Waals surface area (Å²) < 4.78 is 0. The van der Waals surface area contributed by atoms with E-state index in [0.29, 0.717) is 12.8 Å². The molecule has 0 saturated heterocycles. The molecule has 1 aliphatic rings. The van der Waals surface area contributed by atoms with Gasteiger partial charge >= 0.3 is 51.4 Å². The maximum atomic E-state index is 12.9. The maximum absolute atomic E-state index is 12.9. The molecule has 0 radical (unpaired) electrons. The van der Waals surface area contributed by atoms with E-state index in [2.05, 4.69) is 0 Å². The molecule has 0 aromatic heterocycles. The quantitative estimate of drug-likeness (QED) is 0.317. The van der Waals surface area contributed by atoms with Crippen molar-refractivity contribution in [2.75, 3.05) is 0 Å². The minimum atomic E-state index is -2.37. The van der Waals surface area contributed by atoms with Crippen LogP contribution in [0, 0.1) is 29.6 Å². The van der Waals surface area contributed by atoms with Gasteiger partial charge in [0.2, 0.25) is 0 Å². The standard InChI is InChI=1S/C21H33O5.K/c1-12(2)7-9-15-19(24)18(16(22)11-14(5)6)20(25)21(15,26)17(23)10-8-13(3)4;/h12-15,26H,7-11H2,1-6H3;/q-1;+1/t15-,21+;/m0./s1. The van der Waals surface area contributed by atoms with Gasteiger partial charge in [0, 0.05) is 23.9 Å². The Morgan fingerprint density at radius 1 is 1.00 bits per heavy atom. The monoisotopic (exact) mass is 404 g/mol. The average molecular weight is 405 g/mol. The molecule has 0 unspecified atom stereocenters. The van der Waals surface area contributed by atoms with Crippen LogP contribution < -0.4 is 51.4 Å². The molecule has 1 saturated carbocycles. The van der Waals surface area contributed by atoms with Gasteiger partial charge in [-0.15, -0.1) is 0 Å². The molecule has 6 heteroatoms. The van der Waals surface area contributed by atoms with E-state index < -0.39 is 40.6 Å². The molecule has 5 nitrogen and oxygen atoms in total. The summed E-state index contributed by atoms with van der Waals surface area (Å²) in [7, 11) is 0. The van der Waals surface area contributed by atoms with Crippen LogP contribution in [0.5, 0.6) is 0 Å². The third kappa shape index (κ3) is 6.58. The van der Waals surface area contributed by atoms with Crippen molar-refractivity contribution >= 4 is 23.1 Å². The van der Waals surface area contributed by atoms with Gasteiger partial charge in [0.05, 0.1) is 5.78 Å². The molecule has 1 fully saturated rings. The Morgan fingerprint density at radius 2 is 1.52 bits per heavy atom. The van der Waals surface area contributed by atoms with Crippen LogP contribution in [0.25, 0.3) is 0 Å². The Morgan fingerprint density at radius 3 is 1.96 bits per heavy atom. The molecule has 1 N–H and O–H groups in total. The van der Waals surface area contributed by atoms with Crippen LogP contribution in [0.4, 0.5) is 0 Å². The Hall–Kier alpha value is 0.146. The first kappa shape index (κ1) is 27.1. The molecule has 27 heavy (non-hydrogen) atoms. The van der Waals surface area contributed by atoms with Crippen LogP contribution in [-0.2, 0) is 19.2 Å². The summed E-state index contributed by atoms with van der Waals surface area (Å²) in [5.74, 6) is -3.97. The smallest absolute Gasteiger partial charge is 0.376 e. The van der Waals surface area contributed by atoms with E-state index in [1.54, 1.807) is 0 Å². The number of hydrogen-bond acceptors (Lipinski definition) is 5. The summed E-state index contributed by atoms with van der Waals surface area (Å²) >= 11 is 0. The summed E-state index contributed by atoms with van der Waals surface area (Å²) in [6, 6.07) is 0. The van der Waals surface area contributed by atoms with Crippen LogP contribution in [0.1, 0.15) is 73.6 Å². The predicted octanol–water partition coefficient (Wildman–Crippen LogP) is 0.121. The minimum Gasteiger partial charge on any atom is -0.376 e. The summed E-state index contributed by atoms with van der Waals surface area (Å²) in [6.45, 7) is 11.5. The van der Waals surface area contributed by atoms with E-state index in [1.165, 1.54) is 0 Å². The first-order valence-corrected chi connectivity index (χ1v) is 9.67. The second kappa shape index (κ2) is 11.4. The van der Waals surface area contributed by atoms with Crippen molar-refractivity contribution in [2.24, 2.45) is 23.7 Å². The summed E-state index contributed by atoms with van der Waals surface area (Å²) in [4.78, 5) is 50.8. The number of carbonyl (C=O) groups is 4. The van der Waals surface area contributed by atoms with Crippen molar-refractivity contribution in [3.8, 4) is 0 Å². The number of aliphatic hydroxyl groups is 1. The second-order valence-corrected chi connectivity index (χ2v) is 8.74. The van der Waals surface area contributed by atoms with Gasteiger partial charge in [-0.2, -0.15) is 5.92 Å². The fourth-order valence-corrected chi connectivity index (χ4v) is 3.33. The van der Waals surface area contributed by atoms with Gasteiger partial charge < -0.3 is 19.5 Å². The molecule has 0 aromatic carbocycles. The van der Waals surface area contributed by atoms with Crippen LogP contribution in [0.2, 0.25) is 0 Å². The van der Waals surface area contributed by atoms with Gasteiger partial charge in [0.15, 0.2) is 11.4 Å². The fraction of sp³-hybridized carbons (Fsp3) is 0.762. The Kier molecular flexibility index (Phi) is 11.4. The molecular weight excluding hydrogens is 371 g/mol. The summed E-state index contributed by atoms with van der Waals surface area (Å²) in [6.07, 6.45) is 1.42. The third-order valence-electron chi connectivity index (χ3n) is 4.92. The SMILES string of the molecule is CC(C)CCC(=O)[C@@]1(O)C(=O)[C-](C(=O)CC(C)C)C(=O)[C@@H]1CCC(C)C.[K+]. The van der Waals surface area contributed by atoms with E-state index in [9.17, 15) is 24.3 Å². The van der Waals surface area contributed by atoms with Gasteiger partial charge in [-0.3, -0.25) is 4.79 Å². The zero-order valence-electron chi connectivity index (χ0n) is 17.9. The van der Waals surface area contributed by atoms with Gasteiger partial charge in [0.25, 0.3) is 0 Å². The number of ketones is 4. The molecular formula is C21H33KO5. The second-order valence-electron chi connectivity index (χ2n) is 8.74. The topological polar surface area (TPSA) is 88.5 Å². The summed E-state index contributed by atoms with van der Waals surface area (Å²) in [5, 5.41) is 11.0. The van der Waals surface area contributed by atoms with Crippen LogP contribution in [0.3, 0.4) is 0 Å². The maximum Gasteiger partial charge on any atom is 1.00 e. The number of rotatable bonds is 10. The molecule has 0 aliphatic heterocycles. The fourth-order valence-electron chi connectivity index (χ4n) is 3.33. The molecule has 0 bridgehead atoms. The zero-order chi connectivity index (χ0) is 20.2. The van der Waals surface area contributed by atoms with Crippen LogP contribution in [0.15, 0.2) is 0 Å². The molecule has 1 aliphatic carbocycles. The minimum absolute atomic E-state index is 0. The van der Waals surface area contributed by atoms with Gasteiger partial charge in [-0.05, 0) is 37.0 Å². The van der Waals surface area contributed by atoms with Crippen molar-refractivity contribution in [3.05, 3.63) is 5.92 Å². The first-order chi connectivity index (χ1) is 11.9. The van der Waals surface area contributed by atoms with E-state index in [0.717, 1.165) is 0 Å². The van der Waals surface area contributed by atoms with E-state index in [4.69, 9.17) is 0 Å². The van der Waals surface area contributed by atoms with Gasteiger partial charge in [0.1, 0.15) is 0 Å². The average Bonchev–Trinajstić information content (AvgIpc) is 2.69. The van der Waals surface area contributed by atoms with Crippen molar-refractivity contribution < 1.29 is 75.7 Å². The van der Waals surface area contributed by atoms with Crippen molar-refractivity contribution in [1.29, 1.82) is 0 Å². The molecule has 0 spiro atoms. The Balaban J connectivity index is 0.00000676. The van der Waals surface area contributed by atoms with Gasteiger partial charge in [-0.25, -0.2) is 0 Å². The van der Waals surface area contributed by atoms with Crippen LogP contribution >= 0.6 is 0 Å². The molecule has 2 atom stereocenters. The number of carbonyl (C=O) groups excluding carboxylic acids is 4. The van der Waals surface area contributed by atoms with Crippen molar-refractivity contribution in [1.82, 2.24) is 0 Å². The van der Waals surface area contributed by atoms with Crippen molar-refractivity contribution in [3.63, 3.8) is 0 Å². The van der Waals surface area contributed by atoms with E-state index in [1.807, 2.05) is 41.5 Å². The number of hydrogen-bond donors (Lipinski definition) is 1. The number of Topliss-reactive ketones (excluding diaryl/α,β-unsaturated/α-hetero) is 4. The Bertz CT molecular complexity index is 567. The van der Waals surface area contributed by atoms with Crippen molar-refractivity contribution in [2.45, 2.75) is 79.2 Å². The molecule has 0 aromatic rings.